The first-order valence-electron chi connectivity index (χ1n) is 5.98. The summed E-state index contributed by atoms with van der Waals surface area (Å²) >= 11 is 0. The molecule has 1 saturated heterocycles. The molecule has 1 aliphatic carbocycles. The van der Waals surface area contributed by atoms with E-state index in [1.807, 2.05) is 0 Å². The first-order chi connectivity index (χ1) is 7.68. The Morgan fingerprint density at radius 3 is 2.44 bits per heavy atom. The fourth-order valence-electron chi connectivity index (χ4n) is 2.59. The van der Waals surface area contributed by atoms with Crippen molar-refractivity contribution in [1.82, 2.24) is 10.2 Å². The van der Waals surface area contributed by atoms with Crippen LogP contribution < -0.4 is 5.32 Å². The Hall–Kier alpha value is -1.26. The minimum atomic E-state index is -0.890. The number of amides is 2. The molecule has 1 saturated carbocycles. The van der Waals surface area contributed by atoms with Gasteiger partial charge in [-0.15, -0.1) is 0 Å². The highest BCUT2D eigenvalue weighted by Gasteiger charge is 2.34. The van der Waals surface area contributed by atoms with Gasteiger partial charge in [0.2, 0.25) is 0 Å². The van der Waals surface area contributed by atoms with E-state index in [0.717, 1.165) is 32.1 Å². The third kappa shape index (κ3) is 2.28. The maximum absolute atomic E-state index is 11.9. The second kappa shape index (κ2) is 4.72. The van der Waals surface area contributed by atoms with Crippen LogP contribution in [0.1, 0.15) is 38.5 Å². The van der Waals surface area contributed by atoms with Gasteiger partial charge in [0.05, 0.1) is 0 Å². The molecule has 0 bridgehead atoms. The van der Waals surface area contributed by atoms with Crippen molar-refractivity contribution in [3.63, 3.8) is 0 Å². The summed E-state index contributed by atoms with van der Waals surface area (Å²) in [5.41, 5.74) is 0. The SMILES string of the molecule is O=C(O)[C@@H]1CCCN1C(=O)NC1CCCC1. The van der Waals surface area contributed by atoms with Crippen LogP contribution in [0.2, 0.25) is 0 Å². The van der Waals surface area contributed by atoms with E-state index < -0.39 is 12.0 Å². The van der Waals surface area contributed by atoms with Crippen molar-refractivity contribution in [3.8, 4) is 0 Å². The van der Waals surface area contributed by atoms with Crippen LogP contribution in [-0.4, -0.2) is 40.6 Å². The van der Waals surface area contributed by atoms with Crippen LogP contribution in [0.3, 0.4) is 0 Å². The summed E-state index contributed by atoms with van der Waals surface area (Å²) in [5, 5.41) is 11.9. The zero-order valence-electron chi connectivity index (χ0n) is 9.32. The third-order valence-electron chi connectivity index (χ3n) is 3.48. The summed E-state index contributed by atoms with van der Waals surface area (Å²) in [6.45, 7) is 0.565. The summed E-state index contributed by atoms with van der Waals surface area (Å²) < 4.78 is 0. The van der Waals surface area contributed by atoms with Crippen molar-refractivity contribution < 1.29 is 14.7 Å². The van der Waals surface area contributed by atoms with Crippen LogP contribution in [0.4, 0.5) is 4.79 Å². The van der Waals surface area contributed by atoms with Gasteiger partial charge >= 0.3 is 12.0 Å². The summed E-state index contributed by atoms with van der Waals surface area (Å²) in [5.74, 6) is -0.890. The van der Waals surface area contributed by atoms with Crippen LogP contribution in [-0.2, 0) is 4.79 Å². The smallest absolute Gasteiger partial charge is 0.326 e. The molecule has 0 aromatic rings. The van der Waals surface area contributed by atoms with Crippen molar-refractivity contribution in [1.29, 1.82) is 0 Å². The molecule has 2 aliphatic rings. The van der Waals surface area contributed by atoms with Crippen molar-refractivity contribution >= 4 is 12.0 Å². The number of carboxylic acids is 1. The molecule has 0 aromatic heterocycles. The number of carbonyl (C=O) groups excluding carboxylic acids is 1. The highest BCUT2D eigenvalue weighted by Crippen LogP contribution is 2.20. The van der Waals surface area contributed by atoms with Gasteiger partial charge in [-0.3, -0.25) is 0 Å². The zero-order valence-corrected chi connectivity index (χ0v) is 9.32. The van der Waals surface area contributed by atoms with Gasteiger partial charge in [-0.05, 0) is 25.7 Å². The van der Waals surface area contributed by atoms with E-state index in [2.05, 4.69) is 5.32 Å². The van der Waals surface area contributed by atoms with Gasteiger partial charge in [-0.2, -0.15) is 0 Å². The molecule has 5 nitrogen and oxygen atoms in total. The molecule has 5 heteroatoms. The molecule has 2 rings (SSSR count). The van der Waals surface area contributed by atoms with Gasteiger partial charge in [0.25, 0.3) is 0 Å². The Morgan fingerprint density at radius 1 is 1.12 bits per heavy atom. The lowest BCUT2D eigenvalue weighted by Crippen LogP contribution is -2.48. The minimum absolute atomic E-state index is 0.197. The van der Waals surface area contributed by atoms with Gasteiger partial charge in [-0.1, -0.05) is 12.8 Å². The average molecular weight is 226 g/mol. The number of aliphatic carboxylic acids is 1. The van der Waals surface area contributed by atoms with E-state index in [1.165, 1.54) is 4.90 Å². The Balaban J connectivity index is 1.90. The van der Waals surface area contributed by atoms with Crippen molar-refractivity contribution in [2.45, 2.75) is 50.6 Å². The van der Waals surface area contributed by atoms with Crippen molar-refractivity contribution in [3.05, 3.63) is 0 Å². The lowest BCUT2D eigenvalue weighted by molar-refractivity contribution is -0.141. The minimum Gasteiger partial charge on any atom is -0.480 e. The topological polar surface area (TPSA) is 69.6 Å². The standard InChI is InChI=1S/C11H18N2O3/c14-10(15)9-6-3-7-13(9)11(16)12-8-4-1-2-5-8/h8-9H,1-7H2,(H,12,16)(H,14,15)/t9-/m0/s1. The Morgan fingerprint density at radius 2 is 1.81 bits per heavy atom. The van der Waals surface area contributed by atoms with Crippen LogP contribution >= 0.6 is 0 Å². The maximum Gasteiger partial charge on any atom is 0.326 e. The highest BCUT2D eigenvalue weighted by atomic mass is 16.4. The number of urea groups is 1. The fraction of sp³-hybridized carbons (Fsp3) is 0.818. The van der Waals surface area contributed by atoms with Crippen LogP contribution in [0, 0.1) is 0 Å². The second-order valence-electron chi connectivity index (χ2n) is 4.62. The molecular weight excluding hydrogens is 208 g/mol. The van der Waals surface area contributed by atoms with Gasteiger partial charge in [0, 0.05) is 12.6 Å². The molecule has 2 N–H and O–H groups in total. The lowest BCUT2D eigenvalue weighted by Gasteiger charge is -2.24. The van der Waals surface area contributed by atoms with Crippen LogP contribution in [0.5, 0.6) is 0 Å². The quantitative estimate of drug-likeness (QED) is 0.743. The molecule has 0 unspecified atom stereocenters. The monoisotopic (exact) mass is 226 g/mol. The molecule has 1 atom stereocenters. The van der Waals surface area contributed by atoms with Gasteiger partial charge in [0.15, 0.2) is 0 Å². The number of rotatable bonds is 2. The van der Waals surface area contributed by atoms with E-state index in [1.54, 1.807) is 0 Å². The number of hydrogen-bond donors (Lipinski definition) is 2. The van der Waals surface area contributed by atoms with Gasteiger partial charge in [0.1, 0.15) is 6.04 Å². The average Bonchev–Trinajstić information content (AvgIpc) is 2.86. The van der Waals surface area contributed by atoms with Gasteiger partial charge < -0.3 is 15.3 Å². The fourth-order valence-corrected chi connectivity index (χ4v) is 2.59. The predicted octanol–water partition coefficient (Wildman–Crippen LogP) is 1.19. The number of likely N-dealkylation sites (tertiary alicyclic amines) is 1. The third-order valence-corrected chi connectivity index (χ3v) is 3.48. The molecule has 2 fully saturated rings. The number of nitrogens with one attached hydrogen (secondary N) is 1. The van der Waals surface area contributed by atoms with Crippen molar-refractivity contribution in [2.24, 2.45) is 0 Å². The number of carbonyl (C=O) groups is 2. The van der Waals surface area contributed by atoms with E-state index in [9.17, 15) is 9.59 Å². The first kappa shape index (κ1) is 11.2. The van der Waals surface area contributed by atoms with E-state index in [0.29, 0.717) is 13.0 Å². The molecule has 0 spiro atoms. The molecule has 1 heterocycles. The van der Waals surface area contributed by atoms with Crippen LogP contribution in [0.15, 0.2) is 0 Å². The number of carboxylic acid groups (broad SMARTS) is 1. The molecule has 90 valence electrons. The van der Waals surface area contributed by atoms with E-state index >= 15 is 0 Å². The normalized spacial score (nSPS) is 26.0. The van der Waals surface area contributed by atoms with Gasteiger partial charge in [-0.25, -0.2) is 9.59 Å². The molecule has 2 amide bonds. The molecule has 16 heavy (non-hydrogen) atoms. The predicted molar refractivity (Wildman–Crippen MR) is 58.2 cm³/mol. The Labute approximate surface area is 94.8 Å². The van der Waals surface area contributed by atoms with E-state index in [4.69, 9.17) is 5.11 Å². The first-order valence-corrected chi connectivity index (χ1v) is 5.98. The molecular formula is C11H18N2O3. The van der Waals surface area contributed by atoms with E-state index in [-0.39, 0.29) is 12.1 Å². The van der Waals surface area contributed by atoms with Crippen molar-refractivity contribution in [2.75, 3.05) is 6.54 Å². The molecule has 0 radical (unpaired) electrons. The Bertz CT molecular complexity index is 287. The molecule has 0 aromatic carbocycles. The Kier molecular flexibility index (Phi) is 3.31. The summed E-state index contributed by atoms with van der Waals surface area (Å²) in [6.07, 6.45) is 5.73. The number of hydrogen-bond acceptors (Lipinski definition) is 2. The number of nitrogens with zero attached hydrogens (tertiary/aromatic N) is 1. The summed E-state index contributed by atoms with van der Waals surface area (Å²) in [7, 11) is 0. The second-order valence-corrected chi connectivity index (χ2v) is 4.62. The summed E-state index contributed by atoms with van der Waals surface area (Å²) in [4.78, 5) is 24.3. The zero-order chi connectivity index (χ0) is 11.5. The maximum atomic E-state index is 11.9. The summed E-state index contributed by atoms with van der Waals surface area (Å²) in [6, 6.07) is -0.569. The highest BCUT2D eigenvalue weighted by molar-refractivity contribution is 5.83. The molecule has 1 aliphatic heterocycles. The lowest BCUT2D eigenvalue weighted by atomic mass is 10.2. The van der Waals surface area contributed by atoms with Crippen LogP contribution in [0.25, 0.3) is 0 Å². The largest absolute Gasteiger partial charge is 0.480 e.